The van der Waals surface area contributed by atoms with Gasteiger partial charge in [-0.05, 0) is 6.92 Å². The molecule has 0 saturated carbocycles. The molecule has 0 atom stereocenters. The van der Waals surface area contributed by atoms with Gasteiger partial charge in [0.25, 0.3) is 6.43 Å². The maximum Gasteiger partial charge on any atom is 0.265 e. The SMILES string of the molecule is Cc1nc(F)cc(C(F)F)c1S(N)(=O)=O. The number of halogens is 3. The first-order chi connectivity index (χ1) is 6.73. The minimum Gasteiger partial charge on any atom is -0.225 e. The van der Waals surface area contributed by atoms with Crippen LogP contribution in [0.2, 0.25) is 0 Å². The summed E-state index contributed by atoms with van der Waals surface area (Å²) in [7, 11) is -4.34. The summed E-state index contributed by atoms with van der Waals surface area (Å²) in [5.74, 6) is -1.17. The molecule has 1 heterocycles. The monoisotopic (exact) mass is 240 g/mol. The van der Waals surface area contributed by atoms with Crippen LogP contribution in [0.1, 0.15) is 17.7 Å². The number of rotatable bonds is 2. The maximum atomic E-state index is 12.7. The van der Waals surface area contributed by atoms with Crippen molar-refractivity contribution in [3.63, 3.8) is 0 Å². The molecule has 2 N–H and O–H groups in total. The Balaban J connectivity index is 3.62. The average Bonchev–Trinajstić information content (AvgIpc) is 1.99. The molecule has 0 spiro atoms. The fourth-order valence-corrected chi connectivity index (χ4v) is 2.11. The minimum absolute atomic E-state index is 0.359. The van der Waals surface area contributed by atoms with Gasteiger partial charge in [-0.3, -0.25) is 0 Å². The van der Waals surface area contributed by atoms with E-state index < -0.39 is 32.9 Å². The lowest BCUT2D eigenvalue weighted by Crippen LogP contribution is -2.17. The lowest BCUT2D eigenvalue weighted by molar-refractivity contribution is 0.147. The molecular formula is C7H7F3N2O2S. The Morgan fingerprint density at radius 1 is 1.47 bits per heavy atom. The third-order valence-corrected chi connectivity index (χ3v) is 2.76. The maximum absolute atomic E-state index is 12.7. The molecule has 84 valence electrons. The lowest BCUT2D eigenvalue weighted by atomic mass is 10.2. The van der Waals surface area contributed by atoms with Crippen molar-refractivity contribution in [2.75, 3.05) is 0 Å². The van der Waals surface area contributed by atoms with Gasteiger partial charge in [0, 0.05) is 11.6 Å². The van der Waals surface area contributed by atoms with Crippen LogP contribution < -0.4 is 5.14 Å². The van der Waals surface area contributed by atoms with Crippen molar-refractivity contribution >= 4 is 10.0 Å². The van der Waals surface area contributed by atoms with E-state index in [0.717, 1.165) is 6.92 Å². The van der Waals surface area contributed by atoms with Crippen molar-refractivity contribution in [3.8, 4) is 0 Å². The molecule has 0 bridgehead atoms. The summed E-state index contributed by atoms with van der Waals surface area (Å²) in [6.07, 6.45) is -3.13. The van der Waals surface area contributed by atoms with E-state index in [9.17, 15) is 21.6 Å². The molecule has 15 heavy (non-hydrogen) atoms. The molecule has 0 amide bonds. The third-order valence-electron chi connectivity index (χ3n) is 1.66. The Kier molecular flexibility index (Phi) is 3.00. The number of sulfonamides is 1. The zero-order valence-electron chi connectivity index (χ0n) is 7.54. The molecular weight excluding hydrogens is 233 g/mol. The molecule has 0 aromatic carbocycles. The molecule has 0 aliphatic rings. The zero-order valence-corrected chi connectivity index (χ0v) is 8.35. The number of pyridine rings is 1. The van der Waals surface area contributed by atoms with Crippen molar-refractivity contribution in [1.82, 2.24) is 4.98 Å². The van der Waals surface area contributed by atoms with Gasteiger partial charge in [-0.15, -0.1) is 0 Å². The first-order valence-electron chi connectivity index (χ1n) is 3.71. The molecule has 0 unspecified atom stereocenters. The van der Waals surface area contributed by atoms with E-state index in [2.05, 4.69) is 4.98 Å². The van der Waals surface area contributed by atoms with Gasteiger partial charge >= 0.3 is 0 Å². The van der Waals surface area contributed by atoms with E-state index in [1.54, 1.807) is 0 Å². The first kappa shape index (κ1) is 11.9. The van der Waals surface area contributed by atoms with E-state index in [1.807, 2.05) is 0 Å². The molecule has 1 rings (SSSR count). The summed E-state index contributed by atoms with van der Waals surface area (Å²) in [6.45, 7) is 1.09. The molecule has 0 radical (unpaired) electrons. The highest BCUT2D eigenvalue weighted by Gasteiger charge is 2.24. The van der Waals surface area contributed by atoms with Crippen LogP contribution in [0, 0.1) is 12.9 Å². The third kappa shape index (κ3) is 2.45. The van der Waals surface area contributed by atoms with Gasteiger partial charge in [0.1, 0.15) is 4.90 Å². The number of nitrogens with two attached hydrogens (primary N) is 1. The first-order valence-corrected chi connectivity index (χ1v) is 5.26. The Morgan fingerprint density at radius 3 is 2.40 bits per heavy atom. The van der Waals surface area contributed by atoms with Gasteiger partial charge in [-0.25, -0.2) is 27.3 Å². The Labute approximate surface area is 84.0 Å². The van der Waals surface area contributed by atoms with Crippen LogP contribution in [0.4, 0.5) is 13.2 Å². The predicted octanol–water partition coefficient (Wildman–Crippen LogP) is 1.11. The van der Waals surface area contributed by atoms with Crippen molar-refractivity contribution in [2.24, 2.45) is 5.14 Å². The van der Waals surface area contributed by atoms with Crippen LogP contribution in [0.15, 0.2) is 11.0 Å². The Morgan fingerprint density at radius 2 is 2.00 bits per heavy atom. The highest BCUT2D eigenvalue weighted by atomic mass is 32.2. The second-order valence-corrected chi connectivity index (χ2v) is 4.29. The molecule has 0 fully saturated rings. The molecule has 8 heteroatoms. The van der Waals surface area contributed by atoms with Crippen molar-refractivity contribution in [3.05, 3.63) is 23.3 Å². The largest absolute Gasteiger partial charge is 0.265 e. The molecule has 0 aliphatic carbocycles. The van der Waals surface area contributed by atoms with E-state index in [-0.39, 0.29) is 5.69 Å². The van der Waals surface area contributed by atoms with Crippen LogP contribution in [-0.2, 0) is 10.0 Å². The number of nitrogens with zero attached hydrogens (tertiary/aromatic N) is 1. The number of aryl methyl sites for hydroxylation is 1. The summed E-state index contributed by atoms with van der Waals surface area (Å²) in [4.78, 5) is 2.30. The topological polar surface area (TPSA) is 73.0 Å². The van der Waals surface area contributed by atoms with E-state index >= 15 is 0 Å². The predicted molar refractivity (Wildman–Crippen MR) is 45.3 cm³/mol. The minimum atomic E-state index is -4.34. The number of hydrogen-bond donors (Lipinski definition) is 1. The van der Waals surface area contributed by atoms with Crippen LogP contribution in [0.3, 0.4) is 0 Å². The average molecular weight is 240 g/mol. The molecule has 1 aromatic heterocycles. The van der Waals surface area contributed by atoms with Gasteiger partial charge in [-0.2, -0.15) is 4.39 Å². The van der Waals surface area contributed by atoms with Crippen LogP contribution in [0.5, 0.6) is 0 Å². The fraction of sp³-hybridized carbons (Fsp3) is 0.286. The zero-order chi connectivity index (χ0) is 11.8. The summed E-state index contributed by atoms with van der Waals surface area (Å²) in [6, 6.07) is 0.359. The second-order valence-electron chi connectivity index (χ2n) is 2.79. The Hall–Kier alpha value is -1.15. The standard InChI is InChI=1S/C7H7F3N2O2S/c1-3-6(15(11,13)14)4(7(9)10)2-5(8)12-3/h2,7H,1H3,(H2,11,13,14). The number of aromatic nitrogens is 1. The molecule has 4 nitrogen and oxygen atoms in total. The van der Waals surface area contributed by atoms with Crippen molar-refractivity contribution in [1.29, 1.82) is 0 Å². The van der Waals surface area contributed by atoms with E-state index in [1.165, 1.54) is 0 Å². The van der Waals surface area contributed by atoms with Gasteiger partial charge in [0.05, 0.1) is 5.69 Å². The quantitative estimate of drug-likeness (QED) is 0.787. The van der Waals surface area contributed by atoms with Crippen LogP contribution in [0.25, 0.3) is 0 Å². The van der Waals surface area contributed by atoms with E-state index in [0.29, 0.717) is 6.07 Å². The summed E-state index contributed by atoms with van der Waals surface area (Å²) >= 11 is 0. The highest BCUT2D eigenvalue weighted by molar-refractivity contribution is 7.89. The van der Waals surface area contributed by atoms with Crippen molar-refractivity contribution in [2.45, 2.75) is 18.2 Å². The normalized spacial score (nSPS) is 12.1. The van der Waals surface area contributed by atoms with Gasteiger partial charge < -0.3 is 0 Å². The molecule has 0 aliphatic heterocycles. The van der Waals surface area contributed by atoms with Crippen LogP contribution >= 0.6 is 0 Å². The van der Waals surface area contributed by atoms with Gasteiger partial charge in [-0.1, -0.05) is 0 Å². The lowest BCUT2D eigenvalue weighted by Gasteiger charge is -2.09. The van der Waals surface area contributed by atoms with Crippen molar-refractivity contribution < 1.29 is 21.6 Å². The second kappa shape index (κ2) is 3.78. The molecule has 0 saturated heterocycles. The van der Waals surface area contributed by atoms with E-state index in [4.69, 9.17) is 5.14 Å². The highest BCUT2D eigenvalue weighted by Crippen LogP contribution is 2.27. The molecule has 1 aromatic rings. The van der Waals surface area contributed by atoms with Crippen LogP contribution in [-0.4, -0.2) is 13.4 Å². The fourth-order valence-electron chi connectivity index (χ4n) is 1.18. The number of hydrogen-bond acceptors (Lipinski definition) is 3. The smallest absolute Gasteiger partial charge is 0.225 e. The summed E-state index contributed by atoms with van der Waals surface area (Å²) in [5, 5.41) is 4.72. The number of alkyl halides is 2. The van der Waals surface area contributed by atoms with Gasteiger partial charge in [0.15, 0.2) is 0 Å². The number of primary sulfonamides is 1. The van der Waals surface area contributed by atoms with Gasteiger partial charge in [0.2, 0.25) is 16.0 Å². The summed E-state index contributed by atoms with van der Waals surface area (Å²) in [5.41, 5.74) is -1.35. The Bertz CT molecular complexity index is 487. The summed E-state index contributed by atoms with van der Waals surface area (Å²) < 4.78 is 59.4.